The molecule has 0 aliphatic heterocycles. The minimum absolute atomic E-state index is 0.00890. The van der Waals surface area contributed by atoms with Crippen LogP contribution in [-0.4, -0.2) is 46.8 Å². The van der Waals surface area contributed by atoms with Crippen molar-refractivity contribution in [2.24, 2.45) is 0 Å². The zero-order valence-corrected chi connectivity index (χ0v) is 14.1. The molecule has 1 N–H and O–H groups in total. The predicted octanol–water partition coefficient (Wildman–Crippen LogP) is 2.14. The lowest BCUT2D eigenvalue weighted by Gasteiger charge is -2.36. The van der Waals surface area contributed by atoms with Crippen molar-refractivity contribution in [3.8, 4) is 0 Å². The number of aromatic nitrogens is 2. The second-order valence-electron chi connectivity index (χ2n) is 6.25. The number of hydrogen-bond acceptors (Lipinski definition) is 3. The topological polar surface area (TPSA) is 50.2 Å². The molecule has 118 valence electrons. The molecule has 1 aromatic rings. The van der Waals surface area contributed by atoms with Crippen LogP contribution in [0.1, 0.15) is 37.1 Å². The summed E-state index contributed by atoms with van der Waals surface area (Å²) >= 11 is 6.10. The molecule has 0 unspecified atom stereocenters. The molecule has 0 saturated heterocycles. The van der Waals surface area contributed by atoms with E-state index in [2.05, 4.69) is 29.4 Å². The lowest BCUT2D eigenvalue weighted by atomic mass is 9.96. The van der Waals surface area contributed by atoms with Gasteiger partial charge in [-0.25, -0.2) is 0 Å². The Kier molecular flexibility index (Phi) is 4.94. The van der Waals surface area contributed by atoms with Gasteiger partial charge in [0.25, 0.3) is 0 Å². The van der Waals surface area contributed by atoms with Crippen LogP contribution in [0.4, 0.5) is 0 Å². The zero-order chi connectivity index (χ0) is 15.6. The Morgan fingerprint density at radius 3 is 2.48 bits per heavy atom. The summed E-state index contributed by atoms with van der Waals surface area (Å²) in [5.41, 5.74) is 1.72. The smallest absolute Gasteiger partial charge is 0.241 e. The summed E-state index contributed by atoms with van der Waals surface area (Å²) in [6.45, 7) is 4.66. The van der Waals surface area contributed by atoms with Gasteiger partial charge in [0.1, 0.15) is 6.54 Å². The van der Waals surface area contributed by atoms with Crippen LogP contribution in [0.2, 0.25) is 5.02 Å². The van der Waals surface area contributed by atoms with Gasteiger partial charge in [-0.3, -0.25) is 9.48 Å². The van der Waals surface area contributed by atoms with Gasteiger partial charge in [-0.1, -0.05) is 24.4 Å². The average molecular weight is 313 g/mol. The van der Waals surface area contributed by atoms with E-state index >= 15 is 0 Å². The predicted molar refractivity (Wildman–Crippen MR) is 84.6 cm³/mol. The quantitative estimate of drug-likeness (QED) is 0.906. The van der Waals surface area contributed by atoms with Gasteiger partial charge in [-0.2, -0.15) is 5.10 Å². The number of likely N-dealkylation sites (N-methyl/N-ethyl adjacent to an activating group) is 1. The summed E-state index contributed by atoms with van der Waals surface area (Å²) in [4.78, 5) is 14.4. The molecule has 0 aromatic carbocycles. The van der Waals surface area contributed by atoms with E-state index in [1.165, 1.54) is 12.8 Å². The van der Waals surface area contributed by atoms with Crippen molar-refractivity contribution in [1.29, 1.82) is 0 Å². The first-order chi connectivity index (χ1) is 9.85. The van der Waals surface area contributed by atoms with E-state index < -0.39 is 0 Å². The molecule has 0 spiro atoms. The highest BCUT2D eigenvalue weighted by Crippen LogP contribution is 2.33. The van der Waals surface area contributed by atoms with E-state index in [9.17, 15) is 4.79 Å². The molecule has 1 aromatic heterocycles. The van der Waals surface area contributed by atoms with E-state index in [4.69, 9.17) is 11.6 Å². The normalized spacial score (nSPS) is 17.4. The van der Waals surface area contributed by atoms with E-state index in [1.54, 1.807) is 4.68 Å². The van der Waals surface area contributed by atoms with Crippen LogP contribution >= 0.6 is 11.6 Å². The molecule has 1 heterocycles. The molecule has 1 aliphatic carbocycles. The van der Waals surface area contributed by atoms with Crippen molar-refractivity contribution in [3.05, 3.63) is 16.4 Å². The highest BCUT2D eigenvalue weighted by molar-refractivity contribution is 6.31. The lowest BCUT2D eigenvalue weighted by molar-refractivity contribution is -0.122. The molecule has 1 aliphatic rings. The summed E-state index contributed by atoms with van der Waals surface area (Å²) in [6.07, 6.45) is 4.76. The lowest BCUT2D eigenvalue weighted by Crippen LogP contribution is -2.51. The van der Waals surface area contributed by atoms with Gasteiger partial charge in [0.2, 0.25) is 5.91 Å². The molecule has 2 rings (SSSR count). The molecule has 21 heavy (non-hydrogen) atoms. The molecular weight excluding hydrogens is 288 g/mol. The molecule has 1 saturated carbocycles. The van der Waals surface area contributed by atoms with Crippen LogP contribution in [0.25, 0.3) is 0 Å². The minimum atomic E-state index is -0.00890. The van der Waals surface area contributed by atoms with Crippen LogP contribution in [0, 0.1) is 13.8 Å². The first-order valence-electron chi connectivity index (χ1n) is 7.49. The van der Waals surface area contributed by atoms with E-state index in [0.29, 0.717) is 11.6 Å². The third-order valence-electron chi connectivity index (χ3n) is 4.68. The Morgan fingerprint density at radius 1 is 1.38 bits per heavy atom. The Bertz CT molecular complexity index is 518. The largest absolute Gasteiger partial charge is 0.353 e. The fourth-order valence-corrected chi connectivity index (χ4v) is 3.23. The van der Waals surface area contributed by atoms with Gasteiger partial charge in [0.15, 0.2) is 0 Å². The Balaban J connectivity index is 1.94. The van der Waals surface area contributed by atoms with E-state index in [-0.39, 0.29) is 18.0 Å². The first-order valence-corrected chi connectivity index (χ1v) is 7.87. The van der Waals surface area contributed by atoms with E-state index in [0.717, 1.165) is 24.2 Å². The maximum Gasteiger partial charge on any atom is 0.241 e. The third kappa shape index (κ3) is 3.40. The maximum absolute atomic E-state index is 12.2. The van der Waals surface area contributed by atoms with Crippen molar-refractivity contribution < 1.29 is 4.79 Å². The van der Waals surface area contributed by atoms with Crippen LogP contribution in [0.5, 0.6) is 0 Å². The van der Waals surface area contributed by atoms with Crippen LogP contribution in [0.3, 0.4) is 0 Å². The van der Waals surface area contributed by atoms with Crippen molar-refractivity contribution in [3.63, 3.8) is 0 Å². The van der Waals surface area contributed by atoms with Crippen molar-refractivity contribution in [2.45, 2.75) is 51.6 Å². The Morgan fingerprint density at radius 2 is 2.00 bits per heavy atom. The summed E-state index contributed by atoms with van der Waals surface area (Å²) in [5, 5.41) is 8.00. The Hall–Kier alpha value is -1.07. The van der Waals surface area contributed by atoms with Gasteiger partial charge < -0.3 is 10.2 Å². The molecule has 0 bridgehead atoms. The summed E-state index contributed by atoms with van der Waals surface area (Å²) in [7, 11) is 4.19. The van der Waals surface area contributed by atoms with Crippen LogP contribution < -0.4 is 5.32 Å². The van der Waals surface area contributed by atoms with E-state index in [1.807, 2.05) is 13.8 Å². The minimum Gasteiger partial charge on any atom is -0.353 e. The molecule has 6 heteroatoms. The van der Waals surface area contributed by atoms with Gasteiger partial charge in [0.05, 0.1) is 16.4 Å². The second-order valence-corrected chi connectivity index (χ2v) is 6.62. The fourth-order valence-electron chi connectivity index (χ4n) is 3.10. The molecule has 5 nitrogen and oxygen atoms in total. The van der Waals surface area contributed by atoms with Gasteiger partial charge in [-0.15, -0.1) is 0 Å². The van der Waals surface area contributed by atoms with Crippen LogP contribution in [-0.2, 0) is 11.3 Å². The Labute approximate surface area is 131 Å². The number of nitrogens with one attached hydrogen (secondary N) is 1. The number of aryl methyl sites for hydroxylation is 1. The second kappa shape index (κ2) is 6.36. The monoisotopic (exact) mass is 312 g/mol. The standard InChI is InChI=1S/C15H25ClN4O/c1-11-14(16)12(2)20(18-11)9-13(21)17-10-15(19(3)4)7-5-6-8-15/h5-10H2,1-4H3,(H,17,21). The summed E-state index contributed by atoms with van der Waals surface area (Å²) in [6, 6.07) is 0. The van der Waals surface area contributed by atoms with Crippen LogP contribution in [0.15, 0.2) is 0 Å². The van der Waals surface area contributed by atoms with Crippen molar-refractivity contribution in [1.82, 2.24) is 20.0 Å². The number of carbonyl (C=O) groups is 1. The maximum atomic E-state index is 12.2. The zero-order valence-electron chi connectivity index (χ0n) is 13.4. The fraction of sp³-hybridized carbons (Fsp3) is 0.733. The molecular formula is C15H25ClN4O. The first kappa shape index (κ1) is 16.3. The number of halogens is 1. The van der Waals surface area contributed by atoms with Gasteiger partial charge in [-0.05, 0) is 40.8 Å². The third-order valence-corrected chi connectivity index (χ3v) is 5.23. The number of hydrogen-bond donors (Lipinski definition) is 1. The molecule has 0 radical (unpaired) electrons. The van der Waals surface area contributed by atoms with Gasteiger partial charge in [0, 0.05) is 12.1 Å². The van der Waals surface area contributed by atoms with Crippen molar-refractivity contribution in [2.75, 3.05) is 20.6 Å². The molecule has 1 amide bonds. The number of nitrogens with zero attached hydrogens (tertiary/aromatic N) is 3. The highest BCUT2D eigenvalue weighted by atomic mass is 35.5. The average Bonchev–Trinajstić information content (AvgIpc) is 3.00. The summed E-state index contributed by atoms with van der Waals surface area (Å²) in [5.74, 6) is -0.00890. The molecule has 1 fully saturated rings. The number of rotatable bonds is 5. The SMILES string of the molecule is Cc1nn(CC(=O)NCC2(N(C)C)CCCC2)c(C)c1Cl. The number of carbonyl (C=O) groups excluding carboxylic acids is 1. The molecule has 0 atom stereocenters. The van der Waals surface area contributed by atoms with Gasteiger partial charge >= 0.3 is 0 Å². The number of amides is 1. The summed E-state index contributed by atoms with van der Waals surface area (Å²) < 4.78 is 1.67. The highest BCUT2D eigenvalue weighted by Gasteiger charge is 2.36. The van der Waals surface area contributed by atoms with Crippen molar-refractivity contribution >= 4 is 17.5 Å².